The van der Waals surface area contributed by atoms with Crippen LogP contribution in [0.1, 0.15) is 20.3 Å². The van der Waals surface area contributed by atoms with Crippen molar-refractivity contribution in [3.05, 3.63) is 27.0 Å². The summed E-state index contributed by atoms with van der Waals surface area (Å²) in [6, 6.07) is 0. The summed E-state index contributed by atoms with van der Waals surface area (Å²) in [5.41, 5.74) is 4.56. The van der Waals surface area contributed by atoms with E-state index in [9.17, 15) is 9.59 Å². The summed E-state index contributed by atoms with van der Waals surface area (Å²) in [5.74, 6) is 0.387. The van der Waals surface area contributed by atoms with Gasteiger partial charge in [0.1, 0.15) is 5.69 Å². The van der Waals surface area contributed by atoms with Gasteiger partial charge in [-0.05, 0) is 5.92 Å². The average molecular weight is 197 g/mol. The van der Waals surface area contributed by atoms with E-state index in [1.54, 1.807) is 0 Å². The van der Waals surface area contributed by atoms with Gasteiger partial charge in [-0.25, -0.2) is 4.79 Å². The maximum absolute atomic E-state index is 11.3. The van der Waals surface area contributed by atoms with Gasteiger partial charge in [0.05, 0.1) is 0 Å². The molecule has 1 unspecified atom stereocenters. The molecule has 1 atom stereocenters. The fourth-order valence-corrected chi connectivity index (χ4v) is 1.13. The summed E-state index contributed by atoms with van der Waals surface area (Å²) >= 11 is 0. The lowest BCUT2D eigenvalue weighted by atomic mass is 10.1. The van der Waals surface area contributed by atoms with Gasteiger partial charge in [0.25, 0.3) is 5.56 Å². The first-order valence-electron chi connectivity index (χ1n) is 4.63. The van der Waals surface area contributed by atoms with Gasteiger partial charge < -0.3 is 5.73 Å². The number of rotatable bonds is 3. The molecule has 3 N–H and O–H groups in total. The van der Waals surface area contributed by atoms with Crippen LogP contribution < -0.4 is 17.0 Å². The number of H-pyrrole nitrogens is 1. The summed E-state index contributed by atoms with van der Waals surface area (Å²) in [6.07, 6.45) is 2.37. The van der Waals surface area contributed by atoms with Crippen molar-refractivity contribution < 1.29 is 0 Å². The highest BCUT2D eigenvalue weighted by atomic mass is 16.2. The zero-order valence-corrected chi connectivity index (χ0v) is 8.41. The molecule has 0 fully saturated rings. The van der Waals surface area contributed by atoms with Gasteiger partial charge in [-0.2, -0.15) is 0 Å². The Balaban J connectivity index is 3.04. The van der Waals surface area contributed by atoms with Crippen molar-refractivity contribution in [2.24, 2.45) is 5.92 Å². The first-order chi connectivity index (χ1) is 6.54. The maximum Gasteiger partial charge on any atom is 0.328 e. The maximum atomic E-state index is 11.3. The highest BCUT2D eigenvalue weighted by molar-refractivity contribution is 5.30. The molecule has 0 bridgehead atoms. The van der Waals surface area contributed by atoms with Gasteiger partial charge in [0, 0.05) is 12.7 Å². The van der Waals surface area contributed by atoms with E-state index in [4.69, 9.17) is 5.73 Å². The molecule has 78 valence electrons. The third-order valence-corrected chi connectivity index (χ3v) is 2.24. The van der Waals surface area contributed by atoms with Crippen LogP contribution in [-0.2, 0) is 6.54 Å². The predicted octanol–water partition coefficient (Wildman–Crippen LogP) is 0.165. The number of aromatic amines is 1. The summed E-state index contributed by atoms with van der Waals surface area (Å²) in [7, 11) is 0. The number of nitrogens with one attached hydrogen (secondary N) is 1. The van der Waals surface area contributed by atoms with Crippen LogP contribution in [0.15, 0.2) is 15.8 Å². The lowest BCUT2D eigenvalue weighted by Crippen LogP contribution is -2.32. The predicted molar refractivity (Wildman–Crippen MR) is 55.2 cm³/mol. The molecule has 0 aromatic carbocycles. The molecule has 5 heteroatoms. The van der Waals surface area contributed by atoms with Crippen molar-refractivity contribution in [3.63, 3.8) is 0 Å². The molecule has 0 aliphatic rings. The van der Waals surface area contributed by atoms with Gasteiger partial charge in [-0.15, -0.1) is 0 Å². The highest BCUT2D eigenvalue weighted by Crippen LogP contribution is 2.02. The fourth-order valence-electron chi connectivity index (χ4n) is 1.13. The number of hydrogen-bond acceptors (Lipinski definition) is 3. The molecule has 0 aliphatic heterocycles. The van der Waals surface area contributed by atoms with Crippen molar-refractivity contribution in [3.8, 4) is 0 Å². The van der Waals surface area contributed by atoms with Crippen LogP contribution >= 0.6 is 0 Å². The zero-order valence-electron chi connectivity index (χ0n) is 8.41. The molecule has 1 heterocycles. The Hall–Kier alpha value is -1.52. The zero-order chi connectivity index (χ0) is 10.7. The van der Waals surface area contributed by atoms with E-state index in [1.807, 2.05) is 13.8 Å². The van der Waals surface area contributed by atoms with Crippen molar-refractivity contribution in [2.75, 3.05) is 5.73 Å². The first kappa shape index (κ1) is 10.6. The van der Waals surface area contributed by atoms with E-state index in [1.165, 1.54) is 10.8 Å². The fraction of sp³-hybridized carbons (Fsp3) is 0.556. The molecular formula is C9H15N3O2. The Labute approximate surface area is 81.6 Å². The van der Waals surface area contributed by atoms with Crippen molar-refractivity contribution in [1.82, 2.24) is 9.55 Å². The van der Waals surface area contributed by atoms with E-state index >= 15 is 0 Å². The molecular weight excluding hydrogens is 182 g/mol. The summed E-state index contributed by atoms with van der Waals surface area (Å²) in [5, 5.41) is 0. The minimum Gasteiger partial charge on any atom is -0.393 e. The quantitative estimate of drug-likeness (QED) is 0.724. The second-order valence-electron chi connectivity index (χ2n) is 3.51. The molecule has 1 aromatic heterocycles. The number of nitrogens with two attached hydrogens (primary N) is 1. The number of anilines is 1. The second-order valence-corrected chi connectivity index (χ2v) is 3.51. The Kier molecular flexibility index (Phi) is 3.11. The lowest BCUT2D eigenvalue weighted by Gasteiger charge is -2.10. The van der Waals surface area contributed by atoms with Crippen LogP contribution in [-0.4, -0.2) is 9.55 Å². The van der Waals surface area contributed by atoms with Crippen LogP contribution in [0.25, 0.3) is 0 Å². The molecule has 0 radical (unpaired) electrons. The van der Waals surface area contributed by atoms with Gasteiger partial charge in [0.15, 0.2) is 0 Å². The first-order valence-corrected chi connectivity index (χ1v) is 4.63. The average Bonchev–Trinajstić information content (AvgIpc) is 2.14. The number of nitrogens with zero attached hydrogens (tertiary/aromatic N) is 1. The van der Waals surface area contributed by atoms with E-state index in [-0.39, 0.29) is 5.69 Å². The summed E-state index contributed by atoms with van der Waals surface area (Å²) in [6.45, 7) is 4.66. The molecule has 0 saturated carbocycles. The SMILES string of the molecule is CCC(C)Cn1cc(N)c(=O)[nH]c1=O. The Morgan fingerprint density at radius 1 is 1.57 bits per heavy atom. The van der Waals surface area contributed by atoms with E-state index in [0.29, 0.717) is 12.5 Å². The molecule has 0 saturated heterocycles. The highest BCUT2D eigenvalue weighted by Gasteiger charge is 2.04. The monoisotopic (exact) mass is 197 g/mol. The minimum absolute atomic E-state index is 0.0768. The number of hydrogen-bond donors (Lipinski definition) is 2. The van der Waals surface area contributed by atoms with Crippen LogP contribution in [0.4, 0.5) is 5.69 Å². The molecule has 14 heavy (non-hydrogen) atoms. The summed E-state index contributed by atoms with van der Waals surface area (Å²) < 4.78 is 1.44. The number of aromatic nitrogens is 2. The topological polar surface area (TPSA) is 80.9 Å². The minimum atomic E-state index is -0.518. The van der Waals surface area contributed by atoms with Crippen LogP contribution in [0.2, 0.25) is 0 Å². The van der Waals surface area contributed by atoms with Crippen molar-refractivity contribution in [2.45, 2.75) is 26.8 Å². The third kappa shape index (κ3) is 2.25. The van der Waals surface area contributed by atoms with Crippen molar-refractivity contribution >= 4 is 5.69 Å². The molecule has 1 rings (SSSR count). The Morgan fingerprint density at radius 2 is 2.21 bits per heavy atom. The molecule has 0 aliphatic carbocycles. The molecule has 0 amide bonds. The normalized spacial score (nSPS) is 12.7. The van der Waals surface area contributed by atoms with Crippen LogP contribution in [0.3, 0.4) is 0 Å². The third-order valence-electron chi connectivity index (χ3n) is 2.24. The van der Waals surface area contributed by atoms with E-state index in [0.717, 1.165) is 6.42 Å². The van der Waals surface area contributed by atoms with Gasteiger partial charge in [-0.1, -0.05) is 20.3 Å². The molecule has 1 aromatic rings. The standard InChI is InChI=1S/C9H15N3O2/c1-3-6(2)4-12-5-7(10)8(13)11-9(12)14/h5-6H,3-4,10H2,1-2H3,(H,11,13,14). The summed E-state index contributed by atoms with van der Waals surface area (Å²) in [4.78, 5) is 24.4. The Morgan fingerprint density at radius 3 is 2.79 bits per heavy atom. The lowest BCUT2D eigenvalue weighted by molar-refractivity contribution is 0.454. The number of nitrogen functional groups attached to an aromatic ring is 1. The Bertz CT molecular complexity index is 419. The van der Waals surface area contributed by atoms with Gasteiger partial charge in [0.2, 0.25) is 0 Å². The van der Waals surface area contributed by atoms with Crippen molar-refractivity contribution in [1.29, 1.82) is 0 Å². The molecule has 0 spiro atoms. The van der Waals surface area contributed by atoms with Gasteiger partial charge >= 0.3 is 5.69 Å². The van der Waals surface area contributed by atoms with E-state index < -0.39 is 11.2 Å². The van der Waals surface area contributed by atoms with Crippen LogP contribution in [0.5, 0.6) is 0 Å². The van der Waals surface area contributed by atoms with E-state index in [2.05, 4.69) is 4.98 Å². The molecule has 5 nitrogen and oxygen atoms in total. The van der Waals surface area contributed by atoms with Gasteiger partial charge in [-0.3, -0.25) is 14.3 Å². The van der Waals surface area contributed by atoms with Crippen LogP contribution in [0, 0.1) is 5.92 Å². The smallest absolute Gasteiger partial charge is 0.328 e. The second kappa shape index (κ2) is 4.13. The largest absolute Gasteiger partial charge is 0.393 e.